The lowest BCUT2D eigenvalue weighted by Gasteiger charge is -2.19. The van der Waals surface area contributed by atoms with Gasteiger partial charge in [0.2, 0.25) is 0 Å². The van der Waals surface area contributed by atoms with Gasteiger partial charge in [-0.05, 0) is 44.9 Å². The molecular formula is C15H20O4. The lowest BCUT2D eigenvalue weighted by Crippen LogP contribution is -2.23. The van der Waals surface area contributed by atoms with Crippen LogP contribution in [0.25, 0.3) is 0 Å². The molecule has 0 aliphatic rings. The molecule has 1 aromatic carbocycles. The monoisotopic (exact) mass is 264 g/mol. The van der Waals surface area contributed by atoms with Crippen molar-refractivity contribution in [2.75, 3.05) is 0 Å². The van der Waals surface area contributed by atoms with Crippen LogP contribution in [-0.4, -0.2) is 22.6 Å². The summed E-state index contributed by atoms with van der Waals surface area (Å²) in [4.78, 5) is 22.5. The van der Waals surface area contributed by atoms with Gasteiger partial charge in [0.25, 0.3) is 0 Å². The largest absolute Gasteiger partial charge is 0.481 e. The standard InChI is InChI=1S/C15H20O4/c1-10(13(16)17)9-11-5-7-12(8-6-11)14(18)19-15(2,3)4/h5-8,10H,9H2,1-4H3,(H,16,17)/t10-/m0/s1. The average molecular weight is 264 g/mol. The molecule has 0 saturated heterocycles. The van der Waals surface area contributed by atoms with E-state index in [0.29, 0.717) is 12.0 Å². The van der Waals surface area contributed by atoms with E-state index in [1.165, 1.54) is 0 Å². The second kappa shape index (κ2) is 5.87. The fourth-order valence-corrected chi connectivity index (χ4v) is 1.55. The van der Waals surface area contributed by atoms with Crippen molar-refractivity contribution in [3.63, 3.8) is 0 Å². The first kappa shape index (κ1) is 15.2. The molecule has 1 aromatic rings. The van der Waals surface area contributed by atoms with Crippen molar-refractivity contribution < 1.29 is 19.4 Å². The lowest BCUT2D eigenvalue weighted by atomic mass is 10.0. The third-order valence-electron chi connectivity index (χ3n) is 2.55. The van der Waals surface area contributed by atoms with Crippen LogP contribution in [-0.2, 0) is 16.0 Å². The number of ether oxygens (including phenoxy) is 1. The van der Waals surface area contributed by atoms with Gasteiger partial charge in [0, 0.05) is 0 Å². The van der Waals surface area contributed by atoms with Crippen LogP contribution in [0.3, 0.4) is 0 Å². The van der Waals surface area contributed by atoms with Crippen LogP contribution < -0.4 is 0 Å². The highest BCUT2D eigenvalue weighted by Gasteiger charge is 2.18. The maximum Gasteiger partial charge on any atom is 0.338 e. The molecule has 0 unspecified atom stereocenters. The molecular weight excluding hydrogens is 244 g/mol. The maximum absolute atomic E-state index is 11.8. The molecule has 0 amide bonds. The van der Waals surface area contributed by atoms with E-state index in [2.05, 4.69) is 0 Å². The van der Waals surface area contributed by atoms with E-state index in [4.69, 9.17) is 9.84 Å². The van der Waals surface area contributed by atoms with Crippen molar-refractivity contribution in [1.82, 2.24) is 0 Å². The zero-order valence-corrected chi connectivity index (χ0v) is 11.8. The van der Waals surface area contributed by atoms with Crippen molar-refractivity contribution in [1.29, 1.82) is 0 Å². The molecule has 4 nitrogen and oxygen atoms in total. The highest BCUT2D eigenvalue weighted by molar-refractivity contribution is 5.89. The van der Waals surface area contributed by atoms with Gasteiger partial charge in [-0.25, -0.2) is 4.79 Å². The third kappa shape index (κ3) is 5.12. The fourth-order valence-electron chi connectivity index (χ4n) is 1.55. The van der Waals surface area contributed by atoms with Crippen LogP contribution in [0.15, 0.2) is 24.3 Å². The molecule has 0 saturated carbocycles. The Bertz CT molecular complexity index is 454. The summed E-state index contributed by atoms with van der Waals surface area (Å²) in [5.74, 6) is -1.63. The Kier molecular flexibility index (Phi) is 4.70. The van der Waals surface area contributed by atoms with Crippen LogP contribution in [0.5, 0.6) is 0 Å². The normalized spacial score (nSPS) is 12.8. The predicted octanol–water partition coefficient (Wildman–Crippen LogP) is 2.91. The molecule has 4 heteroatoms. The molecule has 0 aliphatic heterocycles. The van der Waals surface area contributed by atoms with Gasteiger partial charge >= 0.3 is 11.9 Å². The number of benzene rings is 1. The summed E-state index contributed by atoms with van der Waals surface area (Å²) in [7, 11) is 0. The summed E-state index contributed by atoms with van der Waals surface area (Å²) in [6, 6.07) is 6.85. The number of hydrogen-bond acceptors (Lipinski definition) is 3. The van der Waals surface area contributed by atoms with E-state index >= 15 is 0 Å². The molecule has 0 fully saturated rings. The highest BCUT2D eigenvalue weighted by Crippen LogP contribution is 2.14. The smallest absolute Gasteiger partial charge is 0.338 e. The Morgan fingerprint density at radius 1 is 1.21 bits per heavy atom. The van der Waals surface area contributed by atoms with E-state index in [1.807, 2.05) is 20.8 Å². The SMILES string of the molecule is C[C@@H](Cc1ccc(C(=O)OC(C)(C)C)cc1)C(=O)O. The molecule has 0 aromatic heterocycles. The lowest BCUT2D eigenvalue weighted by molar-refractivity contribution is -0.141. The zero-order valence-electron chi connectivity index (χ0n) is 11.8. The number of carbonyl (C=O) groups is 2. The van der Waals surface area contributed by atoms with Gasteiger partial charge in [0.1, 0.15) is 5.60 Å². The Hall–Kier alpha value is -1.84. The average Bonchev–Trinajstić information content (AvgIpc) is 2.27. The number of carboxylic acid groups (broad SMARTS) is 1. The number of rotatable bonds is 4. The summed E-state index contributed by atoms with van der Waals surface area (Å²) in [5, 5.41) is 8.84. The van der Waals surface area contributed by atoms with E-state index < -0.39 is 17.5 Å². The van der Waals surface area contributed by atoms with Gasteiger partial charge in [-0.3, -0.25) is 4.79 Å². The summed E-state index contributed by atoms with van der Waals surface area (Å²) < 4.78 is 5.25. The van der Waals surface area contributed by atoms with Gasteiger partial charge in [-0.2, -0.15) is 0 Å². The summed E-state index contributed by atoms with van der Waals surface area (Å²) >= 11 is 0. The minimum atomic E-state index is -0.823. The number of aliphatic carboxylic acids is 1. The van der Waals surface area contributed by atoms with Crippen LogP contribution in [0.4, 0.5) is 0 Å². The summed E-state index contributed by atoms with van der Waals surface area (Å²) in [5.41, 5.74) is 0.844. The highest BCUT2D eigenvalue weighted by atomic mass is 16.6. The van der Waals surface area contributed by atoms with Crippen molar-refractivity contribution >= 4 is 11.9 Å². The first-order chi connectivity index (χ1) is 8.69. The van der Waals surface area contributed by atoms with Gasteiger partial charge in [0.15, 0.2) is 0 Å². The van der Waals surface area contributed by atoms with Gasteiger partial charge in [-0.15, -0.1) is 0 Å². The molecule has 1 N–H and O–H groups in total. The van der Waals surface area contributed by atoms with Gasteiger partial charge in [0.05, 0.1) is 11.5 Å². The van der Waals surface area contributed by atoms with E-state index in [1.54, 1.807) is 31.2 Å². The summed E-state index contributed by atoms with van der Waals surface area (Å²) in [6.45, 7) is 7.10. The molecule has 0 bridgehead atoms. The molecule has 0 aliphatic carbocycles. The van der Waals surface area contributed by atoms with Crippen LogP contribution in [0.1, 0.15) is 43.6 Å². The van der Waals surface area contributed by atoms with Crippen LogP contribution in [0, 0.1) is 5.92 Å². The Balaban J connectivity index is 2.71. The minimum Gasteiger partial charge on any atom is -0.481 e. The van der Waals surface area contributed by atoms with E-state index in [0.717, 1.165) is 5.56 Å². The molecule has 104 valence electrons. The quantitative estimate of drug-likeness (QED) is 0.849. The zero-order chi connectivity index (χ0) is 14.6. The Labute approximate surface area is 113 Å². The van der Waals surface area contributed by atoms with Crippen LogP contribution in [0.2, 0.25) is 0 Å². The Morgan fingerprint density at radius 2 is 1.74 bits per heavy atom. The number of carbonyl (C=O) groups excluding carboxylic acids is 1. The number of hydrogen-bond donors (Lipinski definition) is 1. The van der Waals surface area contributed by atoms with Crippen molar-refractivity contribution in [2.45, 2.75) is 39.7 Å². The van der Waals surface area contributed by atoms with Crippen LogP contribution >= 0.6 is 0 Å². The molecule has 19 heavy (non-hydrogen) atoms. The second-order valence-electron chi connectivity index (χ2n) is 5.64. The Morgan fingerprint density at radius 3 is 2.16 bits per heavy atom. The van der Waals surface area contributed by atoms with Gasteiger partial charge < -0.3 is 9.84 Å². The number of carboxylic acids is 1. The van der Waals surface area contributed by atoms with Crippen molar-refractivity contribution in [3.05, 3.63) is 35.4 Å². The molecule has 1 rings (SSSR count). The van der Waals surface area contributed by atoms with Crippen molar-refractivity contribution in [3.8, 4) is 0 Å². The minimum absolute atomic E-state index is 0.370. The molecule has 0 heterocycles. The molecule has 0 spiro atoms. The maximum atomic E-state index is 11.8. The molecule has 0 radical (unpaired) electrons. The predicted molar refractivity (Wildman–Crippen MR) is 72.1 cm³/mol. The first-order valence-corrected chi connectivity index (χ1v) is 6.24. The topological polar surface area (TPSA) is 63.6 Å². The fraction of sp³-hybridized carbons (Fsp3) is 0.467. The first-order valence-electron chi connectivity index (χ1n) is 6.24. The van der Waals surface area contributed by atoms with E-state index in [-0.39, 0.29) is 5.97 Å². The molecule has 1 atom stereocenters. The van der Waals surface area contributed by atoms with Crippen molar-refractivity contribution in [2.24, 2.45) is 5.92 Å². The van der Waals surface area contributed by atoms with Gasteiger partial charge in [-0.1, -0.05) is 19.1 Å². The third-order valence-corrected chi connectivity index (χ3v) is 2.55. The summed E-state index contributed by atoms with van der Waals surface area (Å²) in [6.07, 6.45) is 0.448. The van der Waals surface area contributed by atoms with E-state index in [9.17, 15) is 9.59 Å². The number of esters is 1. The second-order valence-corrected chi connectivity index (χ2v) is 5.64.